The molecule has 0 bridgehead atoms. The van der Waals surface area contributed by atoms with E-state index in [4.69, 9.17) is 4.74 Å². The van der Waals surface area contributed by atoms with Crippen LogP contribution in [-0.2, 0) is 24.8 Å². The molecule has 4 rings (SSSR count). The van der Waals surface area contributed by atoms with E-state index in [1.807, 2.05) is 25.2 Å². The molecule has 0 aliphatic carbocycles. The molecule has 0 saturated heterocycles. The molecule has 0 fully saturated rings. The minimum Gasteiger partial charge on any atom is -0.494 e. The highest BCUT2D eigenvalue weighted by Gasteiger charge is 2.10. The lowest BCUT2D eigenvalue weighted by atomic mass is 10.1. The van der Waals surface area contributed by atoms with Crippen LogP contribution < -0.4 is 10.1 Å². The first-order chi connectivity index (χ1) is 14.0. The number of halogens is 1. The number of fused-ring (bicyclic) bond motifs is 1. The van der Waals surface area contributed by atoms with Crippen LogP contribution in [0.15, 0.2) is 48.8 Å². The summed E-state index contributed by atoms with van der Waals surface area (Å²) < 4.78 is 20.3. The molecule has 0 unspecified atom stereocenters. The van der Waals surface area contributed by atoms with Gasteiger partial charge in [-0.25, -0.2) is 4.39 Å². The lowest BCUT2D eigenvalue weighted by molar-refractivity contribution is -0.115. The van der Waals surface area contributed by atoms with Crippen molar-refractivity contribution in [2.45, 2.75) is 13.0 Å². The van der Waals surface area contributed by atoms with Gasteiger partial charge in [0, 0.05) is 12.4 Å². The molecular formula is C20H19FN6O2. The van der Waals surface area contributed by atoms with Crippen molar-refractivity contribution >= 4 is 22.6 Å². The molecule has 2 heterocycles. The van der Waals surface area contributed by atoms with Crippen molar-refractivity contribution in [1.29, 1.82) is 0 Å². The van der Waals surface area contributed by atoms with Crippen LogP contribution in [0.5, 0.6) is 5.75 Å². The summed E-state index contributed by atoms with van der Waals surface area (Å²) in [4.78, 5) is 13.8. The number of anilines is 1. The number of methoxy groups -OCH3 is 1. The van der Waals surface area contributed by atoms with Crippen molar-refractivity contribution in [1.82, 2.24) is 24.8 Å². The Morgan fingerprint density at radius 2 is 1.97 bits per heavy atom. The lowest BCUT2D eigenvalue weighted by Crippen LogP contribution is -2.15. The molecule has 2 aromatic carbocycles. The molecule has 1 N–H and O–H groups in total. The fraction of sp³-hybridized carbons (Fsp3) is 0.200. The summed E-state index contributed by atoms with van der Waals surface area (Å²) in [5.74, 6) is -0.105. The third-order valence-electron chi connectivity index (χ3n) is 4.52. The summed E-state index contributed by atoms with van der Waals surface area (Å²) in [5.41, 5.74) is 2.67. The van der Waals surface area contributed by atoms with E-state index in [0.717, 1.165) is 22.0 Å². The van der Waals surface area contributed by atoms with Crippen LogP contribution in [0, 0.1) is 5.82 Å². The molecule has 0 saturated carbocycles. The first kappa shape index (κ1) is 18.6. The molecule has 0 radical (unpaired) electrons. The fourth-order valence-electron chi connectivity index (χ4n) is 3.09. The van der Waals surface area contributed by atoms with Crippen LogP contribution in [-0.4, -0.2) is 37.8 Å². The highest BCUT2D eigenvalue weighted by atomic mass is 19.1. The number of ether oxygens (including phenoxy) is 1. The maximum Gasteiger partial charge on any atom is 0.230 e. The smallest absolute Gasteiger partial charge is 0.230 e. The molecule has 8 nitrogen and oxygen atoms in total. The molecular weight excluding hydrogens is 375 g/mol. The van der Waals surface area contributed by atoms with Gasteiger partial charge in [-0.15, -0.1) is 5.10 Å². The predicted molar refractivity (Wildman–Crippen MR) is 105 cm³/mol. The molecule has 0 spiro atoms. The Hall–Kier alpha value is -3.75. The number of aromatic nitrogens is 5. The minimum atomic E-state index is -0.429. The van der Waals surface area contributed by atoms with Crippen LogP contribution in [0.4, 0.5) is 10.2 Å². The maximum absolute atomic E-state index is 13.5. The highest BCUT2D eigenvalue weighted by molar-refractivity contribution is 5.92. The van der Waals surface area contributed by atoms with Gasteiger partial charge in [-0.3, -0.25) is 9.48 Å². The third kappa shape index (κ3) is 4.08. The molecule has 4 aromatic rings. The summed E-state index contributed by atoms with van der Waals surface area (Å²) in [6.45, 7) is 0.324. The quantitative estimate of drug-likeness (QED) is 0.543. The lowest BCUT2D eigenvalue weighted by Gasteiger charge is -2.05. The average molecular weight is 394 g/mol. The number of nitrogens with zero attached hydrogens (tertiary/aromatic N) is 5. The van der Waals surface area contributed by atoms with Crippen molar-refractivity contribution in [2.75, 3.05) is 12.4 Å². The predicted octanol–water partition coefficient (Wildman–Crippen LogP) is 2.54. The van der Waals surface area contributed by atoms with E-state index >= 15 is 0 Å². The van der Waals surface area contributed by atoms with Crippen molar-refractivity contribution < 1.29 is 13.9 Å². The zero-order valence-electron chi connectivity index (χ0n) is 16.0. The van der Waals surface area contributed by atoms with Gasteiger partial charge < -0.3 is 10.1 Å². The number of hydrogen-bond donors (Lipinski definition) is 1. The molecule has 0 atom stereocenters. The Morgan fingerprint density at radius 3 is 2.79 bits per heavy atom. The molecule has 29 heavy (non-hydrogen) atoms. The second-order valence-electron chi connectivity index (χ2n) is 6.62. The molecule has 148 valence electrons. The number of nitrogens with one attached hydrogen (secondary N) is 1. The monoisotopic (exact) mass is 394 g/mol. The number of carbonyl (C=O) groups excluding carboxylic acids is 1. The number of benzene rings is 2. The van der Waals surface area contributed by atoms with Gasteiger partial charge in [0.05, 0.1) is 38.0 Å². The van der Waals surface area contributed by atoms with E-state index in [-0.39, 0.29) is 18.1 Å². The zero-order valence-corrected chi connectivity index (χ0v) is 16.0. The number of aryl methyl sites for hydroxylation is 1. The summed E-state index contributed by atoms with van der Waals surface area (Å²) >= 11 is 0. The van der Waals surface area contributed by atoms with Crippen molar-refractivity contribution in [3.63, 3.8) is 0 Å². The van der Waals surface area contributed by atoms with Crippen molar-refractivity contribution in [2.24, 2.45) is 7.05 Å². The third-order valence-corrected chi connectivity index (χ3v) is 4.52. The molecule has 0 aliphatic rings. The highest BCUT2D eigenvalue weighted by Crippen LogP contribution is 2.19. The average Bonchev–Trinajstić information content (AvgIpc) is 3.29. The molecule has 0 aliphatic heterocycles. The molecule has 1 amide bonds. The second kappa shape index (κ2) is 7.70. The first-order valence-corrected chi connectivity index (χ1v) is 8.95. The summed E-state index contributed by atoms with van der Waals surface area (Å²) in [6, 6.07) is 10.3. The van der Waals surface area contributed by atoms with E-state index in [2.05, 4.69) is 20.6 Å². The normalized spacial score (nSPS) is 11.0. The van der Waals surface area contributed by atoms with Gasteiger partial charge >= 0.3 is 0 Å². The van der Waals surface area contributed by atoms with Crippen molar-refractivity contribution in [3.05, 3.63) is 65.7 Å². The van der Waals surface area contributed by atoms with Crippen LogP contribution >= 0.6 is 0 Å². The zero-order chi connectivity index (χ0) is 20.4. The standard InChI is InChI=1S/C20H19FN6O2/c1-26-17-6-4-13(7-15(17)10-22-26)9-20(28)24-19-11-23-27(25-19)12-14-3-5-16(21)18(8-14)29-2/h3-8,10-11H,9,12H2,1-2H3,(H,24,25,28). The van der Waals surface area contributed by atoms with Crippen LogP contribution in [0.1, 0.15) is 11.1 Å². The largest absolute Gasteiger partial charge is 0.494 e. The van der Waals surface area contributed by atoms with E-state index in [9.17, 15) is 9.18 Å². The van der Waals surface area contributed by atoms with Gasteiger partial charge in [-0.05, 0) is 35.4 Å². The second-order valence-corrected chi connectivity index (χ2v) is 6.62. The van der Waals surface area contributed by atoms with E-state index in [1.54, 1.807) is 23.0 Å². The van der Waals surface area contributed by atoms with E-state index in [0.29, 0.717) is 12.4 Å². The Labute approximate surface area is 165 Å². The number of hydrogen-bond acceptors (Lipinski definition) is 5. The van der Waals surface area contributed by atoms with Crippen LogP contribution in [0.3, 0.4) is 0 Å². The van der Waals surface area contributed by atoms with Gasteiger partial charge in [-0.2, -0.15) is 15.0 Å². The Morgan fingerprint density at radius 1 is 1.14 bits per heavy atom. The Bertz CT molecular complexity index is 1180. The molecule has 9 heteroatoms. The number of amides is 1. The maximum atomic E-state index is 13.5. The summed E-state index contributed by atoms with van der Waals surface area (Å²) in [7, 11) is 3.29. The van der Waals surface area contributed by atoms with Crippen molar-refractivity contribution in [3.8, 4) is 5.75 Å². The van der Waals surface area contributed by atoms with Gasteiger partial charge in [0.15, 0.2) is 17.4 Å². The first-order valence-electron chi connectivity index (χ1n) is 8.95. The van der Waals surface area contributed by atoms with Crippen LogP contribution in [0.2, 0.25) is 0 Å². The van der Waals surface area contributed by atoms with E-state index in [1.165, 1.54) is 24.2 Å². The SMILES string of the molecule is COc1cc(Cn2ncc(NC(=O)Cc3ccc4c(cnn4C)c3)n2)ccc1F. The van der Waals surface area contributed by atoms with Gasteiger partial charge in [0.25, 0.3) is 0 Å². The topological polar surface area (TPSA) is 86.9 Å². The minimum absolute atomic E-state index is 0.161. The van der Waals surface area contributed by atoms with Gasteiger partial charge in [-0.1, -0.05) is 12.1 Å². The molecule has 2 aromatic heterocycles. The summed E-state index contributed by atoms with van der Waals surface area (Å²) in [6.07, 6.45) is 3.46. The Kier molecular flexibility index (Phi) is 4.94. The van der Waals surface area contributed by atoms with E-state index < -0.39 is 5.82 Å². The van der Waals surface area contributed by atoms with Crippen LogP contribution in [0.25, 0.3) is 10.9 Å². The van der Waals surface area contributed by atoms with Gasteiger partial charge in [0.1, 0.15) is 0 Å². The fourth-order valence-corrected chi connectivity index (χ4v) is 3.09. The van der Waals surface area contributed by atoms with Gasteiger partial charge in [0.2, 0.25) is 5.91 Å². The number of carbonyl (C=O) groups is 1. The summed E-state index contributed by atoms with van der Waals surface area (Å²) in [5, 5.41) is 16.3. The Balaban J connectivity index is 1.39. The number of rotatable bonds is 6.